The molecule has 0 heterocycles. The summed E-state index contributed by atoms with van der Waals surface area (Å²) in [7, 11) is 1.58. The molecule has 1 N–H and O–H groups in total. The highest BCUT2D eigenvalue weighted by molar-refractivity contribution is 7.89. The summed E-state index contributed by atoms with van der Waals surface area (Å²) in [6, 6.07) is 5.20. The van der Waals surface area contributed by atoms with Crippen molar-refractivity contribution in [3.63, 3.8) is 0 Å². The summed E-state index contributed by atoms with van der Waals surface area (Å²) in [5, 5.41) is 3.02. The van der Waals surface area contributed by atoms with Crippen LogP contribution in [-0.4, -0.2) is 33.9 Å². The minimum absolute atomic E-state index is 0.341. The van der Waals surface area contributed by atoms with Gasteiger partial charge in [-0.3, -0.25) is 0 Å². The Morgan fingerprint density at radius 1 is 1.31 bits per heavy atom. The van der Waals surface area contributed by atoms with Crippen molar-refractivity contribution >= 4 is 10.0 Å². The average molecular weight is 242 g/mol. The van der Waals surface area contributed by atoms with E-state index >= 15 is 0 Å². The first-order valence-corrected chi connectivity index (χ1v) is 6.50. The van der Waals surface area contributed by atoms with E-state index in [1.54, 1.807) is 12.1 Å². The molecule has 0 unspecified atom stereocenters. The third-order valence-corrected chi connectivity index (χ3v) is 4.28. The predicted molar refractivity (Wildman–Crippen MR) is 64.8 cm³/mol. The molecular weight excluding hydrogens is 224 g/mol. The van der Waals surface area contributed by atoms with Gasteiger partial charge in [0.05, 0.1) is 4.90 Å². The third kappa shape index (κ3) is 2.61. The van der Waals surface area contributed by atoms with Gasteiger partial charge in [-0.2, -0.15) is 0 Å². The van der Waals surface area contributed by atoms with Gasteiger partial charge in [0, 0.05) is 20.6 Å². The number of nitrogens with one attached hydrogen (secondary N) is 1. The summed E-state index contributed by atoms with van der Waals surface area (Å²) < 4.78 is 25.0. The fraction of sp³-hybridized carbons (Fsp3) is 0.455. The van der Waals surface area contributed by atoms with Crippen LogP contribution in [0.1, 0.15) is 11.1 Å². The molecule has 0 saturated heterocycles. The zero-order chi connectivity index (χ0) is 12.3. The Morgan fingerprint density at radius 3 is 2.44 bits per heavy atom. The Kier molecular flexibility index (Phi) is 4.07. The van der Waals surface area contributed by atoms with Crippen molar-refractivity contribution in [3.05, 3.63) is 29.3 Å². The van der Waals surface area contributed by atoms with E-state index in [1.165, 1.54) is 18.4 Å². The van der Waals surface area contributed by atoms with Crippen molar-refractivity contribution in [1.82, 2.24) is 9.62 Å². The maximum absolute atomic E-state index is 11.9. The molecule has 0 spiro atoms. The van der Waals surface area contributed by atoms with E-state index in [9.17, 15) is 8.42 Å². The predicted octanol–water partition coefficient (Wildman–Crippen LogP) is 0.965. The molecular formula is C11H18N2O2S. The highest BCUT2D eigenvalue weighted by atomic mass is 32.2. The number of nitrogens with zero attached hydrogens (tertiary/aromatic N) is 1. The van der Waals surface area contributed by atoms with Crippen LogP contribution in [0.5, 0.6) is 0 Å². The van der Waals surface area contributed by atoms with Gasteiger partial charge in [-0.25, -0.2) is 12.7 Å². The molecule has 0 saturated carbocycles. The smallest absolute Gasteiger partial charge is 0.242 e. The number of hydrogen-bond donors (Lipinski definition) is 1. The van der Waals surface area contributed by atoms with E-state index in [0.717, 1.165) is 11.1 Å². The molecule has 0 aliphatic carbocycles. The topological polar surface area (TPSA) is 49.4 Å². The second-order valence-corrected chi connectivity index (χ2v) is 6.06. The van der Waals surface area contributed by atoms with Gasteiger partial charge in [-0.05, 0) is 37.2 Å². The fourth-order valence-corrected chi connectivity index (χ4v) is 2.35. The van der Waals surface area contributed by atoms with Crippen LogP contribution >= 0.6 is 0 Å². The monoisotopic (exact) mass is 242 g/mol. The number of sulfonamides is 1. The van der Waals surface area contributed by atoms with E-state index in [-0.39, 0.29) is 0 Å². The molecule has 0 aliphatic rings. The van der Waals surface area contributed by atoms with E-state index in [4.69, 9.17) is 0 Å². The second kappa shape index (κ2) is 4.95. The first-order valence-electron chi connectivity index (χ1n) is 5.06. The molecule has 16 heavy (non-hydrogen) atoms. The molecule has 0 bridgehead atoms. The minimum Gasteiger partial charge on any atom is -0.316 e. The zero-order valence-electron chi connectivity index (χ0n) is 10.1. The summed E-state index contributed by atoms with van der Waals surface area (Å²) in [6.07, 6.45) is 0. The first kappa shape index (κ1) is 13.2. The van der Waals surface area contributed by atoms with Crippen LogP contribution in [0.2, 0.25) is 0 Å². The van der Waals surface area contributed by atoms with Crippen LogP contribution in [0, 0.1) is 6.92 Å². The second-order valence-electron chi connectivity index (χ2n) is 3.91. The Balaban J connectivity index is 3.23. The van der Waals surface area contributed by atoms with Gasteiger partial charge in [0.25, 0.3) is 0 Å². The molecule has 1 aromatic carbocycles. The van der Waals surface area contributed by atoms with Crippen molar-refractivity contribution in [2.45, 2.75) is 18.4 Å². The lowest BCUT2D eigenvalue weighted by Crippen LogP contribution is -2.22. The van der Waals surface area contributed by atoms with Crippen LogP contribution in [-0.2, 0) is 16.6 Å². The summed E-state index contributed by atoms with van der Waals surface area (Å²) >= 11 is 0. The van der Waals surface area contributed by atoms with Crippen LogP contribution in [0.3, 0.4) is 0 Å². The Hall–Kier alpha value is -0.910. The van der Waals surface area contributed by atoms with Gasteiger partial charge >= 0.3 is 0 Å². The first-order chi connectivity index (χ1) is 7.39. The largest absolute Gasteiger partial charge is 0.316 e. The van der Waals surface area contributed by atoms with Crippen LogP contribution in [0.4, 0.5) is 0 Å². The minimum atomic E-state index is -3.33. The van der Waals surface area contributed by atoms with Gasteiger partial charge in [0.1, 0.15) is 0 Å². The Morgan fingerprint density at radius 2 is 1.94 bits per heavy atom. The lowest BCUT2D eigenvalue weighted by molar-refractivity contribution is 0.520. The quantitative estimate of drug-likeness (QED) is 0.855. The zero-order valence-corrected chi connectivity index (χ0v) is 10.9. The molecule has 5 heteroatoms. The standard InChI is InChI=1S/C11H18N2O2S/c1-9-5-6-11(7-10(9)8-12-2)16(14,15)13(3)4/h5-7,12H,8H2,1-4H3. The summed E-state index contributed by atoms with van der Waals surface area (Å²) in [5.41, 5.74) is 2.09. The highest BCUT2D eigenvalue weighted by Gasteiger charge is 2.17. The molecule has 0 aromatic heterocycles. The van der Waals surface area contributed by atoms with Gasteiger partial charge in [-0.15, -0.1) is 0 Å². The maximum atomic E-state index is 11.9. The lowest BCUT2D eigenvalue weighted by atomic mass is 10.1. The molecule has 0 amide bonds. The molecule has 0 fully saturated rings. The number of hydrogen-bond acceptors (Lipinski definition) is 3. The third-order valence-electron chi connectivity index (χ3n) is 2.47. The van der Waals surface area contributed by atoms with E-state index in [0.29, 0.717) is 11.4 Å². The van der Waals surface area contributed by atoms with E-state index in [1.807, 2.05) is 20.0 Å². The normalized spacial score (nSPS) is 12.1. The van der Waals surface area contributed by atoms with Crippen molar-refractivity contribution in [3.8, 4) is 0 Å². The van der Waals surface area contributed by atoms with Gasteiger partial charge < -0.3 is 5.32 Å². The van der Waals surface area contributed by atoms with Gasteiger partial charge in [0.2, 0.25) is 10.0 Å². The van der Waals surface area contributed by atoms with E-state index in [2.05, 4.69) is 5.32 Å². The van der Waals surface area contributed by atoms with Gasteiger partial charge in [-0.1, -0.05) is 6.07 Å². The van der Waals surface area contributed by atoms with Gasteiger partial charge in [0.15, 0.2) is 0 Å². The summed E-state index contributed by atoms with van der Waals surface area (Å²) in [4.78, 5) is 0.341. The Bertz CT molecular complexity index is 467. The van der Waals surface area contributed by atoms with Crippen LogP contribution in [0.15, 0.2) is 23.1 Å². The number of benzene rings is 1. The van der Waals surface area contributed by atoms with Crippen LogP contribution in [0.25, 0.3) is 0 Å². The average Bonchev–Trinajstić information content (AvgIpc) is 2.21. The summed E-state index contributed by atoms with van der Waals surface area (Å²) in [6.45, 7) is 2.64. The highest BCUT2D eigenvalue weighted by Crippen LogP contribution is 2.17. The Labute approximate surface area is 97.3 Å². The SMILES string of the molecule is CNCc1cc(S(=O)(=O)N(C)C)ccc1C. The van der Waals surface area contributed by atoms with Crippen molar-refractivity contribution in [1.29, 1.82) is 0 Å². The van der Waals surface area contributed by atoms with Crippen molar-refractivity contribution in [2.24, 2.45) is 0 Å². The van der Waals surface area contributed by atoms with E-state index < -0.39 is 10.0 Å². The van der Waals surface area contributed by atoms with Crippen molar-refractivity contribution in [2.75, 3.05) is 21.1 Å². The number of rotatable bonds is 4. The molecule has 1 rings (SSSR count). The molecule has 90 valence electrons. The fourth-order valence-electron chi connectivity index (χ4n) is 1.40. The molecule has 0 radical (unpaired) electrons. The van der Waals surface area contributed by atoms with Crippen molar-refractivity contribution < 1.29 is 8.42 Å². The maximum Gasteiger partial charge on any atom is 0.242 e. The number of aryl methyl sites for hydroxylation is 1. The molecule has 1 aromatic rings. The molecule has 0 aliphatic heterocycles. The van der Waals surface area contributed by atoms with Crippen LogP contribution < -0.4 is 5.32 Å². The summed E-state index contributed by atoms with van der Waals surface area (Å²) in [5.74, 6) is 0. The molecule has 0 atom stereocenters. The lowest BCUT2D eigenvalue weighted by Gasteiger charge is -2.13. The molecule has 4 nitrogen and oxygen atoms in total.